The second-order valence-electron chi connectivity index (χ2n) is 2.65. The normalized spacial score (nSPS) is 10.6. The molecule has 0 radical (unpaired) electrons. The van der Waals surface area contributed by atoms with Gasteiger partial charge in [-0.15, -0.1) is 22.7 Å². The van der Waals surface area contributed by atoms with E-state index in [1.54, 1.807) is 18.4 Å². The van der Waals surface area contributed by atoms with Gasteiger partial charge in [0.15, 0.2) is 0 Å². The van der Waals surface area contributed by atoms with Gasteiger partial charge in [0.1, 0.15) is 10.6 Å². The summed E-state index contributed by atoms with van der Waals surface area (Å²) in [5, 5.41) is 11.8. The zero-order chi connectivity index (χ0) is 10.1. The molecule has 3 nitrogen and oxygen atoms in total. The number of rotatable bonds is 2. The van der Waals surface area contributed by atoms with Crippen molar-refractivity contribution in [2.75, 3.05) is 6.61 Å². The van der Waals surface area contributed by atoms with Crippen molar-refractivity contribution in [3.63, 3.8) is 0 Å². The van der Waals surface area contributed by atoms with Crippen LogP contribution < -0.4 is 0 Å². The van der Waals surface area contributed by atoms with Crippen molar-refractivity contribution in [1.29, 1.82) is 0 Å². The first-order valence-corrected chi connectivity index (χ1v) is 5.79. The molecule has 2 rings (SSSR count). The summed E-state index contributed by atoms with van der Waals surface area (Å²) in [6.45, 7) is 2.14. The lowest BCUT2D eigenvalue weighted by Gasteiger charge is -1.96. The molecule has 0 spiro atoms. The van der Waals surface area contributed by atoms with Gasteiger partial charge in [-0.3, -0.25) is 0 Å². The largest absolute Gasteiger partial charge is 0.506 e. The summed E-state index contributed by atoms with van der Waals surface area (Å²) in [5.41, 5.74) is 0. The van der Waals surface area contributed by atoms with Crippen LogP contribution >= 0.6 is 22.7 Å². The van der Waals surface area contributed by atoms with Crippen LogP contribution in [-0.4, -0.2) is 17.7 Å². The van der Waals surface area contributed by atoms with Gasteiger partial charge in [0.05, 0.1) is 10.6 Å². The molecule has 0 unspecified atom stereocenters. The zero-order valence-electron chi connectivity index (χ0n) is 7.44. The van der Waals surface area contributed by atoms with Crippen molar-refractivity contribution in [1.82, 2.24) is 0 Å². The van der Waals surface area contributed by atoms with Crippen LogP contribution in [0.15, 0.2) is 11.4 Å². The summed E-state index contributed by atoms with van der Waals surface area (Å²) in [7, 11) is 0. The number of fused-ring (bicyclic) bond motifs is 1. The van der Waals surface area contributed by atoms with E-state index >= 15 is 0 Å². The molecule has 2 heterocycles. The minimum atomic E-state index is -0.319. The van der Waals surface area contributed by atoms with Gasteiger partial charge in [0, 0.05) is 10.8 Å². The van der Waals surface area contributed by atoms with Gasteiger partial charge in [-0.05, 0) is 13.0 Å². The Bertz CT molecular complexity index is 469. The summed E-state index contributed by atoms with van der Waals surface area (Å²) < 4.78 is 5.81. The van der Waals surface area contributed by atoms with Gasteiger partial charge >= 0.3 is 5.97 Å². The van der Waals surface area contributed by atoms with E-state index in [4.69, 9.17) is 4.74 Å². The number of hydrogen-bond acceptors (Lipinski definition) is 5. The molecule has 0 amide bonds. The van der Waals surface area contributed by atoms with Crippen molar-refractivity contribution in [2.24, 2.45) is 0 Å². The SMILES string of the molecule is CCOC(=O)c1cc2c(O)csc2s1. The van der Waals surface area contributed by atoms with Crippen LogP contribution in [0.1, 0.15) is 16.6 Å². The van der Waals surface area contributed by atoms with Crippen LogP contribution in [0.5, 0.6) is 5.75 Å². The molecule has 0 bridgehead atoms. The van der Waals surface area contributed by atoms with Gasteiger partial charge in [-0.2, -0.15) is 0 Å². The molecular formula is C9H8O3S2. The highest BCUT2D eigenvalue weighted by atomic mass is 32.2. The molecule has 0 atom stereocenters. The number of esters is 1. The Kier molecular flexibility index (Phi) is 2.43. The summed E-state index contributed by atoms with van der Waals surface area (Å²) in [5.74, 6) is -0.0860. The van der Waals surface area contributed by atoms with E-state index in [0.717, 1.165) is 9.40 Å². The minimum Gasteiger partial charge on any atom is -0.506 e. The number of carbonyl (C=O) groups is 1. The Morgan fingerprint density at radius 1 is 1.64 bits per heavy atom. The molecule has 0 fully saturated rings. The highest BCUT2D eigenvalue weighted by Gasteiger charge is 2.14. The molecule has 0 aromatic carbocycles. The first-order valence-electron chi connectivity index (χ1n) is 4.09. The van der Waals surface area contributed by atoms with E-state index in [-0.39, 0.29) is 11.7 Å². The summed E-state index contributed by atoms with van der Waals surface area (Å²) >= 11 is 2.78. The smallest absolute Gasteiger partial charge is 0.348 e. The Labute approximate surface area is 88.6 Å². The predicted octanol–water partition coefficient (Wildman–Crippen LogP) is 2.85. The van der Waals surface area contributed by atoms with Crippen molar-refractivity contribution >= 4 is 38.0 Å². The first-order chi connectivity index (χ1) is 6.72. The van der Waals surface area contributed by atoms with E-state index in [9.17, 15) is 9.90 Å². The topological polar surface area (TPSA) is 46.5 Å². The third-order valence-corrected chi connectivity index (χ3v) is 3.95. The third kappa shape index (κ3) is 1.49. The Morgan fingerprint density at radius 2 is 2.43 bits per heavy atom. The quantitative estimate of drug-likeness (QED) is 0.804. The molecular weight excluding hydrogens is 220 g/mol. The lowest BCUT2D eigenvalue weighted by atomic mass is 10.3. The average Bonchev–Trinajstić information content (AvgIpc) is 2.69. The summed E-state index contributed by atoms with van der Waals surface area (Å²) in [6.07, 6.45) is 0. The number of aromatic hydroxyl groups is 1. The van der Waals surface area contributed by atoms with Gasteiger partial charge in [0.2, 0.25) is 0 Å². The maximum atomic E-state index is 11.3. The molecule has 5 heteroatoms. The van der Waals surface area contributed by atoms with Crippen LogP contribution in [0.3, 0.4) is 0 Å². The molecule has 0 aliphatic rings. The van der Waals surface area contributed by atoms with E-state index in [1.807, 2.05) is 0 Å². The number of hydrogen-bond donors (Lipinski definition) is 1. The molecule has 2 aromatic heterocycles. The highest BCUT2D eigenvalue weighted by molar-refractivity contribution is 7.38. The van der Waals surface area contributed by atoms with E-state index < -0.39 is 0 Å². The lowest BCUT2D eigenvalue weighted by Crippen LogP contribution is -2.01. The number of thiophene rings is 2. The summed E-state index contributed by atoms with van der Waals surface area (Å²) in [6, 6.07) is 1.67. The molecule has 0 saturated carbocycles. The maximum Gasteiger partial charge on any atom is 0.348 e. The van der Waals surface area contributed by atoms with Gasteiger partial charge in [-0.1, -0.05) is 0 Å². The van der Waals surface area contributed by atoms with Crippen LogP contribution in [0.2, 0.25) is 0 Å². The fourth-order valence-electron chi connectivity index (χ4n) is 1.12. The molecule has 0 aliphatic carbocycles. The molecule has 1 N–H and O–H groups in total. The van der Waals surface area contributed by atoms with Gasteiger partial charge in [-0.25, -0.2) is 4.79 Å². The Morgan fingerprint density at radius 3 is 3.07 bits per heavy atom. The van der Waals surface area contributed by atoms with Crippen LogP contribution in [-0.2, 0) is 4.74 Å². The minimum absolute atomic E-state index is 0.233. The van der Waals surface area contributed by atoms with Gasteiger partial charge in [0.25, 0.3) is 0 Å². The Hall–Kier alpha value is -1.07. The standard InChI is InChI=1S/C9H8O3S2/c1-2-12-8(11)7-3-5-6(10)4-13-9(5)14-7/h3-4,10H,2H2,1H3. The number of carbonyl (C=O) groups excluding carboxylic acids is 1. The van der Waals surface area contributed by atoms with Crippen molar-refractivity contribution < 1.29 is 14.6 Å². The van der Waals surface area contributed by atoms with Crippen LogP contribution in [0, 0.1) is 0 Å². The van der Waals surface area contributed by atoms with Crippen molar-refractivity contribution in [3.05, 3.63) is 16.3 Å². The second kappa shape index (κ2) is 3.59. The highest BCUT2D eigenvalue weighted by Crippen LogP contribution is 2.37. The van der Waals surface area contributed by atoms with E-state index in [1.165, 1.54) is 22.7 Å². The molecule has 0 aliphatic heterocycles. The van der Waals surface area contributed by atoms with E-state index in [0.29, 0.717) is 11.5 Å². The fourth-order valence-corrected chi connectivity index (χ4v) is 3.15. The fraction of sp³-hybridized carbons (Fsp3) is 0.222. The predicted molar refractivity (Wildman–Crippen MR) is 57.3 cm³/mol. The second-order valence-corrected chi connectivity index (χ2v) is 4.84. The molecule has 0 saturated heterocycles. The van der Waals surface area contributed by atoms with Gasteiger partial charge < -0.3 is 9.84 Å². The zero-order valence-corrected chi connectivity index (χ0v) is 9.08. The molecule has 2 aromatic rings. The molecule has 14 heavy (non-hydrogen) atoms. The monoisotopic (exact) mass is 228 g/mol. The van der Waals surface area contributed by atoms with Crippen LogP contribution in [0.25, 0.3) is 9.40 Å². The van der Waals surface area contributed by atoms with Crippen molar-refractivity contribution in [3.8, 4) is 5.75 Å². The van der Waals surface area contributed by atoms with Crippen molar-refractivity contribution in [2.45, 2.75) is 6.92 Å². The van der Waals surface area contributed by atoms with E-state index in [2.05, 4.69) is 0 Å². The summed E-state index contributed by atoms with van der Waals surface area (Å²) in [4.78, 5) is 11.9. The number of ether oxygens (including phenoxy) is 1. The van der Waals surface area contributed by atoms with Crippen LogP contribution in [0.4, 0.5) is 0 Å². The average molecular weight is 228 g/mol. The Balaban J connectivity index is 2.40. The molecule has 74 valence electrons. The third-order valence-electron chi connectivity index (χ3n) is 1.73. The lowest BCUT2D eigenvalue weighted by molar-refractivity contribution is 0.0532. The maximum absolute atomic E-state index is 11.3. The first kappa shape index (κ1) is 9.48.